The van der Waals surface area contributed by atoms with E-state index in [-0.39, 0.29) is 0 Å². The van der Waals surface area contributed by atoms with Gasteiger partial charge in [0.05, 0.1) is 12.7 Å². The molecule has 2 N–H and O–H groups in total. The summed E-state index contributed by atoms with van der Waals surface area (Å²) in [6, 6.07) is 10.3. The molecule has 0 saturated carbocycles. The molecule has 0 amide bonds. The van der Waals surface area contributed by atoms with E-state index in [2.05, 4.69) is 47.1 Å². The predicted molar refractivity (Wildman–Crippen MR) is 71.0 cm³/mol. The Morgan fingerprint density at radius 1 is 1.35 bits per heavy atom. The number of benzene rings is 1. The second kappa shape index (κ2) is 7.22. The summed E-state index contributed by atoms with van der Waals surface area (Å²) >= 11 is 0. The zero-order valence-electron chi connectivity index (χ0n) is 10.1. The molecule has 1 aromatic rings. The number of morpholine rings is 1. The maximum absolute atomic E-state index is 5.59. The van der Waals surface area contributed by atoms with Gasteiger partial charge in [0.25, 0.3) is 0 Å². The van der Waals surface area contributed by atoms with E-state index in [4.69, 9.17) is 4.74 Å². The lowest BCUT2D eigenvalue weighted by Crippen LogP contribution is -2.43. The minimum Gasteiger partial charge on any atom is -0.374 e. The molecular weight excluding hydrogens is 212 g/mol. The molecule has 1 atom stereocenters. The molecule has 1 fully saturated rings. The van der Waals surface area contributed by atoms with Gasteiger partial charge in [-0.05, 0) is 5.56 Å². The smallest absolute Gasteiger partial charge is 0.0824 e. The first-order valence-electron chi connectivity index (χ1n) is 6.20. The highest BCUT2D eigenvalue weighted by molar-refractivity contribution is 5.48. The van der Waals surface area contributed by atoms with E-state index in [1.165, 1.54) is 5.56 Å². The molecule has 3 nitrogen and oxygen atoms in total. The highest BCUT2D eigenvalue weighted by Gasteiger charge is 2.11. The summed E-state index contributed by atoms with van der Waals surface area (Å²) in [4.78, 5) is 0. The Bertz CT molecular complexity index is 331. The molecule has 1 saturated heterocycles. The summed E-state index contributed by atoms with van der Waals surface area (Å²) in [6.07, 6.45) is 4.59. The average molecular weight is 232 g/mol. The number of nitrogens with one attached hydrogen (secondary N) is 2. The molecule has 17 heavy (non-hydrogen) atoms. The van der Waals surface area contributed by atoms with Crippen molar-refractivity contribution in [1.29, 1.82) is 0 Å². The SMILES string of the molecule is C(=C\c1ccccc1)/CNCC1CNCCO1. The van der Waals surface area contributed by atoms with Gasteiger partial charge in [-0.1, -0.05) is 42.5 Å². The van der Waals surface area contributed by atoms with E-state index >= 15 is 0 Å². The van der Waals surface area contributed by atoms with Gasteiger partial charge in [-0.3, -0.25) is 0 Å². The van der Waals surface area contributed by atoms with Crippen LogP contribution >= 0.6 is 0 Å². The van der Waals surface area contributed by atoms with Crippen molar-refractivity contribution < 1.29 is 4.74 Å². The van der Waals surface area contributed by atoms with E-state index in [9.17, 15) is 0 Å². The van der Waals surface area contributed by atoms with Crippen molar-refractivity contribution >= 4 is 6.08 Å². The predicted octanol–water partition coefficient (Wildman–Crippen LogP) is 1.28. The molecule has 1 heterocycles. The molecule has 1 unspecified atom stereocenters. The van der Waals surface area contributed by atoms with Crippen LogP contribution in [-0.4, -0.2) is 38.9 Å². The van der Waals surface area contributed by atoms with Gasteiger partial charge in [0.2, 0.25) is 0 Å². The quantitative estimate of drug-likeness (QED) is 0.750. The van der Waals surface area contributed by atoms with Crippen molar-refractivity contribution in [2.45, 2.75) is 6.10 Å². The van der Waals surface area contributed by atoms with Crippen LogP contribution in [0.3, 0.4) is 0 Å². The van der Waals surface area contributed by atoms with Gasteiger partial charge in [-0.25, -0.2) is 0 Å². The summed E-state index contributed by atoms with van der Waals surface area (Å²) < 4.78 is 5.59. The lowest BCUT2D eigenvalue weighted by molar-refractivity contribution is 0.0298. The van der Waals surface area contributed by atoms with Crippen LogP contribution in [-0.2, 0) is 4.74 Å². The Morgan fingerprint density at radius 2 is 2.24 bits per heavy atom. The zero-order valence-corrected chi connectivity index (χ0v) is 10.1. The second-order valence-electron chi connectivity index (χ2n) is 4.17. The van der Waals surface area contributed by atoms with Crippen LogP contribution in [0.15, 0.2) is 36.4 Å². The number of ether oxygens (including phenoxy) is 1. The minimum atomic E-state index is 0.314. The Hall–Kier alpha value is -1.16. The zero-order chi connectivity index (χ0) is 11.8. The van der Waals surface area contributed by atoms with Crippen molar-refractivity contribution in [3.05, 3.63) is 42.0 Å². The standard InChI is InChI=1S/C14H20N2O/c1-2-5-13(6-3-1)7-4-8-15-11-14-12-16-9-10-17-14/h1-7,14-16H,8-12H2/b7-4+. The van der Waals surface area contributed by atoms with E-state index in [1.54, 1.807) is 0 Å². The third-order valence-corrected chi connectivity index (χ3v) is 2.75. The largest absolute Gasteiger partial charge is 0.374 e. The van der Waals surface area contributed by atoms with E-state index < -0.39 is 0 Å². The fraction of sp³-hybridized carbons (Fsp3) is 0.429. The van der Waals surface area contributed by atoms with Gasteiger partial charge in [-0.2, -0.15) is 0 Å². The summed E-state index contributed by atoms with van der Waals surface area (Å²) in [7, 11) is 0. The molecule has 1 aromatic carbocycles. The normalized spacial score (nSPS) is 20.8. The molecule has 0 spiro atoms. The molecule has 0 radical (unpaired) electrons. The topological polar surface area (TPSA) is 33.3 Å². The first-order valence-corrected chi connectivity index (χ1v) is 6.20. The first-order chi connectivity index (χ1) is 8.45. The van der Waals surface area contributed by atoms with Crippen LogP contribution in [0.4, 0.5) is 0 Å². The van der Waals surface area contributed by atoms with Crippen LogP contribution in [0.2, 0.25) is 0 Å². The summed E-state index contributed by atoms with van der Waals surface area (Å²) in [5.41, 5.74) is 1.24. The van der Waals surface area contributed by atoms with Crippen molar-refractivity contribution in [2.75, 3.05) is 32.8 Å². The third-order valence-electron chi connectivity index (χ3n) is 2.75. The van der Waals surface area contributed by atoms with Crippen molar-refractivity contribution in [1.82, 2.24) is 10.6 Å². The van der Waals surface area contributed by atoms with E-state index in [0.717, 1.165) is 32.8 Å². The Balaban J connectivity index is 1.61. The Labute approximate surface area is 103 Å². The molecule has 92 valence electrons. The van der Waals surface area contributed by atoms with Gasteiger partial charge in [0, 0.05) is 26.2 Å². The maximum atomic E-state index is 5.59. The Morgan fingerprint density at radius 3 is 3.00 bits per heavy atom. The molecule has 1 aliphatic rings. The third kappa shape index (κ3) is 4.69. The molecule has 0 aliphatic carbocycles. The van der Waals surface area contributed by atoms with E-state index in [0.29, 0.717) is 6.10 Å². The number of hydrogen-bond donors (Lipinski definition) is 2. The molecule has 1 aliphatic heterocycles. The fourth-order valence-corrected chi connectivity index (χ4v) is 1.84. The Kier molecular flexibility index (Phi) is 5.23. The van der Waals surface area contributed by atoms with E-state index in [1.807, 2.05) is 6.07 Å². The van der Waals surface area contributed by atoms with Gasteiger partial charge in [0.1, 0.15) is 0 Å². The summed E-state index contributed by atoms with van der Waals surface area (Å²) in [5, 5.41) is 6.69. The minimum absolute atomic E-state index is 0.314. The van der Waals surface area contributed by atoms with Gasteiger partial charge in [-0.15, -0.1) is 0 Å². The summed E-state index contributed by atoms with van der Waals surface area (Å²) in [6.45, 7) is 4.55. The second-order valence-corrected chi connectivity index (χ2v) is 4.17. The van der Waals surface area contributed by atoms with Crippen molar-refractivity contribution in [3.63, 3.8) is 0 Å². The van der Waals surface area contributed by atoms with Crippen molar-refractivity contribution in [2.24, 2.45) is 0 Å². The van der Waals surface area contributed by atoms with Gasteiger partial charge < -0.3 is 15.4 Å². The number of rotatable bonds is 5. The lowest BCUT2D eigenvalue weighted by atomic mass is 10.2. The van der Waals surface area contributed by atoms with Crippen LogP contribution in [0.5, 0.6) is 0 Å². The van der Waals surface area contributed by atoms with Crippen LogP contribution in [0.1, 0.15) is 5.56 Å². The lowest BCUT2D eigenvalue weighted by Gasteiger charge is -2.23. The maximum Gasteiger partial charge on any atom is 0.0824 e. The monoisotopic (exact) mass is 232 g/mol. The van der Waals surface area contributed by atoms with Crippen LogP contribution < -0.4 is 10.6 Å². The number of hydrogen-bond acceptors (Lipinski definition) is 3. The van der Waals surface area contributed by atoms with Gasteiger partial charge in [0.15, 0.2) is 0 Å². The highest BCUT2D eigenvalue weighted by atomic mass is 16.5. The molecule has 0 bridgehead atoms. The van der Waals surface area contributed by atoms with Crippen LogP contribution in [0.25, 0.3) is 6.08 Å². The summed E-state index contributed by atoms with van der Waals surface area (Å²) in [5.74, 6) is 0. The van der Waals surface area contributed by atoms with Crippen LogP contribution in [0, 0.1) is 0 Å². The highest BCUT2D eigenvalue weighted by Crippen LogP contribution is 2.00. The first kappa shape index (κ1) is 12.3. The molecule has 3 heteroatoms. The average Bonchev–Trinajstić information content (AvgIpc) is 2.41. The van der Waals surface area contributed by atoms with Gasteiger partial charge >= 0.3 is 0 Å². The molecular formula is C14H20N2O. The van der Waals surface area contributed by atoms with Crippen molar-refractivity contribution in [3.8, 4) is 0 Å². The molecule has 2 rings (SSSR count). The molecule has 0 aromatic heterocycles. The fourth-order valence-electron chi connectivity index (χ4n) is 1.84.